The average Bonchev–Trinajstić information content (AvgIpc) is 2.39. The molecule has 0 saturated carbocycles. The number of aromatic nitrogens is 1. The Balaban J connectivity index is 2.08. The molecule has 1 atom stereocenters. The Morgan fingerprint density at radius 1 is 1.26 bits per heavy atom. The highest BCUT2D eigenvalue weighted by Crippen LogP contribution is 2.16. The number of nitrogens with two attached hydrogens (primary N) is 1. The summed E-state index contributed by atoms with van der Waals surface area (Å²) >= 11 is 3.38. The monoisotopic (exact) mass is 319 g/mol. The summed E-state index contributed by atoms with van der Waals surface area (Å²) < 4.78 is 1.01. The highest BCUT2D eigenvalue weighted by atomic mass is 79.9. The molecule has 1 heterocycles. The molecule has 0 radical (unpaired) electrons. The van der Waals surface area contributed by atoms with Crippen LogP contribution in [0.25, 0.3) is 0 Å². The van der Waals surface area contributed by atoms with Crippen molar-refractivity contribution < 1.29 is 4.79 Å². The largest absolute Gasteiger partial charge is 0.384 e. The van der Waals surface area contributed by atoms with Gasteiger partial charge in [0.2, 0.25) is 0 Å². The molecule has 1 unspecified atom stereocenters. The van der Waals surface area contributed by atoms with Crippen LogP contribution in [0, 0.1) is 0 Å². The maximum absolute atomic E-state index is 12.0. The van der Waals surface area contributed by atoms with Crippen molar-refractivity contribution in [3.05, 3.63) is 58.2 Å². The van der Waals surface area contributed by atoms with Crippen LogP contribution in [0.15, 0.2) is 46.9 Å². The van der Waals surface area contributed by atoms with Crippen LogP contribution < -0.4 is 11.1 Å². The van der Waals surface area contributed by atoms with Crippen LogP contribution in [0.1, 0.15) is 29.0 Å². The summed E-state index contributed by atoms with van der Waals surface area (Å²) in [6.45, 7) is 1.92. The van der Waals surface area contributed by atoms with Gasteiger partial charge in [-0.05, 0) is 36.8 Å². The van der Waals surface area contributed by atoms with Crippen molar-refractivity contribution in [2.45, 2.75) is 13.0 Å². The molecule has 2 rings (SSSR count). The van der Waals surface area contributed by atoms with E-state index in [1.807, 2.05) is 31.2 Å². The van der Waals surface area contributed by atoms with E-state index in [0.29, 0.717) is 11.5 Å². The minimum Gasteiger partial charge on any atom is -0.384 e. The Kier molecular flexibility index (Phi) is 4.16. The van der Waals surface area contributed by atoms with Gasteiger partial charge in [0.25, 0.3) is 5.91 Å². The van der Waals surface area contributed by atoms with Gasteiger partial charge in [-0.3, -0.25) is 4.79 Å². The quantitative estimate of drug-likeness (QED) is 0.914. The predicted molar refractivity (Wildman–Crippen MR) is 78.7 cm³/mol. The first-order chi connectivity index (χ1) is 9.06. The van der Waals surface area contributed by atoms with Gasteiger partial charge in [-0.2, -0.15) is 0 Å². The van der Waals surface area contributed by atoms with Crippen molar-refractivity contribution in [1.29, 1.82) is 0 Å². The van der Waals surface area contributed by atoms with Gasteiger partial charge in [-0.15, -0.1) is 0 Å². The summed E-state index contributed by atoms with van der Waals surface area (Å²) in [6.07, 6.45) is 0. The van der Waals surface area contributed by atoms with Gasteiger partial charge in [0.15, 0.2) is 0 Å². The first-order valence-electron chi connectivity index (χ1n) is 5.85. The third kappa shape index (κ3) is 3.54. The molecule has 98 valence electrons. The summed E-state index contributed by atoms with van der Waals surface area (Å²) in [5.74, 6) is 0.103. The zero-order chi connectivity index (χ0) is 13.8. The van der Waals surface area contributed by atoms with Gasteiger partial charge in [0, 0.05) is 4.47 Å². The molecule has 0 saturated heterocycles. The second-order valence-electron chi connectivity index (χ2n) is 4.19. The van der Waals surface area contributed by atoms with Crippen molar-refractivity contribution in [3.8, 4) is 0 Å². The molecule has 4 nitrogen and oxygen atoms in total. The summed E-state index contributed by atoms with van der Waals surface area (Å²) in [6, 6.07) is 12.7. The smallest absolute Gasteiger partial charge is 0.270 e. The normalized spacial score (nSPS) is 11.9. The third-order valence-electron chi connectivity index (χ3n) is 2.72. The summed E-state index contributed by atoms with van der Waals surface area (Å²) in [7, 11) is 0. The van der Waals surface area contributed by atoms with E-state index in [2.05, 4.69) is 26.2 Å². The minimum absolute atomic E-state index is 0.0937. The fraction of sp³-hybridized carbons (Fsp3) is 0.143. The van der Waals surface area contributed by atoms with Crippen LogP contribution in [0.4, 0.5) is 5.82 Å². The molecule has 0 aliphatic carbocycles. The van der Waals surface area contributed by atoms with E-state index in [9.17, 15) is 4.79 Å². The Labute approximate surface area is 120 Å². The molecule has 0 aliphatic rings. The van der Waals surface area contributed by atoms with E-state index >= 15 is 0 Å². The van der Waals surface area contributed by atoms with Crippen molar-refractivity contribution >= 4 is 27.7 Å². The number of anilines is 1. The molecule has 1 aromatic heterocycles. The zero-order valence-corrected chi connectivity index (χ0v) is 12.0. The van der Waals surface area contributed by atoms with E-state index in [0.717, 1.165) is 10.0 Å². The summed E-state index contributed by atoms with van der Waals surface area (Å²) in [5, 5.41) is 2.89. The molecule has 19 heavy (non-hydrogen) atoms. The molecular weight excluding hydrogens is 306 g/mol. The lowest BCUT2D eigenvalue weighted by Crippen LogP contribution is -2.27. The number of benzene rings is 1. The van der Waals surface area contributed by atoms with Crippen molar-refractivity contribution in [1.82, 2.24) is 10.3 Å². The lowest BCUT2D eigenvalue weighted by molar-refractivity contribution is 0.0935. The van der Waals surface area contributed by atoms with E-state index < -0.39 is 0 Å². The van der Waals surface area contributed by atoms with Gasteiger partial charge >= 0.3 is 0 Å². The number of nitrogens with zero attached hydrogens (tertiary/aromatic N) is 1. The van der Waals surface area contributed by atoms with Gasteiger partial charge < -0.3 is 11.1 Å². The topological polar surface area (TPSA) is 68.0 Å². The van der Waals surface area contributed by atoms with Crippen molar-refractivity contribution in [2.75, 3.05) is 5.73 Å². The number of amides is 1. The number of rotatable bonds is 3. The number of hydrogen-bond acceptors (Lipinski definition) is 3. The van der Waals surface area contributed by atoms with E-state index in [4.69, 9.17) is 5.73 Å². The Morgan fingerprint density at radius 3 is 2.58 bits per heavy atom. The van der Waals surface area contributed by atoms with Crippen LogP contribution in [0.5, 0.6) is 0 Å². The molecule has 2 aromatic rings. The highest BCUT2D eigenvalue weighted by molar-refractivity contribution is 9.10. The van der Waals surface area contributed by atoms with Gasteiger partial charge in [0.05, 0.1) is 6.04 Å². The van der Waals surface area contributed by atoms with Gasteiger partial charge in [0.1, 0.15) is 11.5 Å². The SMILES string of the molecule is CC(NC(=O)c1cccc(N)n1)c1ccc(Br)cc1. The van der Waals surface area contributed by atoms with E-state index in [-0.39, 0.29) is 11.9 Å². The number of halogens is 1. The maximum Gasteiger partial charge on any atom is 0.270 e. The first kappa shape index (κ1) is 13.5. The number of nitrogen functional groups attached to an aromatic ring is 1. The van der Waals surface area contributed by atoms with Crippen molar-refractivity contribution in [2.24, 2.45) is 0 Å². The average molecular weight is 320 g/mol. The second kappa shape index (κ2) is 5.84. The Bertz CT molecular complexity index is 583. The van der Waals surface area contributed by atoms with Crippen LogP contribution in [-0.4, -0.2) is 10.9 Å². The lowest BCUT2D eigenvalue weighted by Gasteiger charge is -2.14. The fourth-order valence-corrected chi connectivity index (χ4v) is 1.95. The molecule has 5 heteroatoms. The van der Waals surface area contributed by atoms with Crippen molar-refractivity contribution in [3.63, 3.8) is 0 Å². The predicted octanol–water partition coefficient (Wildman–Crippen LogP) is 2.92. The number of nitrogens with one attached hydrogen (secondary N) is 1. The van der Waals surface area contributed by atoms with Gasteiger partial charge in [-0.1, -0.05) is 34.1 Å². The standard InChI is InChI=1S/C14H14BrN3O/c1-9(10-5-7-11(15)8-6-10)17-14(19)12-3-2-4-13(16)18-12/h2-9H,1H3,(H2,16,18)(H,17,19). The molecule has 0 aliphatic heterocycles. The van der Waals surface area contributed by atoms with Gasteiger partial charge in [-0.25, -0.2) is 4.98 Å². The number of carbonyl (C=O) groups excluding carboxylic acids is 1. The van der Waals surface area contributed by atoms with Crippen LogP contribution in [0.3, 0.4) is 0 Å². The van der Waals surface area contributed by atoms with E-state index in [1.165, 1.54) is 0 Å². The molecule has 1 amide bonds. The van der Waals surface area contributed by atoms with Crippen LogP contribution in [0.2, 0.25) is 0 Å². The molecule has 0 bridgehead atoms. The van der Waals surface area contributed by atoms with Crippen LogP contribution in [-0.2, 0) is 0 Å². The summed E-state index contributed by atoms with van der Waals surface area (Å²) in [4.78, 5) is 16.0. The number of pyridine rings is 1. The zero-order valence-electron chi connectivity index (χ0n) is 10.4. The summed E-state index contributed by atoms with van der Waals surface area (Å²) in [5.41, 5.74) is 6.91. The molecule has 1 aromatic carbocycles. The Morgan fingerprint density at radius 2 is 1.95 bits per heavy atom. The number of hydrogen-bond donors (Lipinski definition) is 2. The van der Waals surface area contributed by atoms with E-state index in [1.54, 1.807) is 18.2 Å². The second-order valence-corrected chi connectivity index (χ2v) is 5.11. The fourth-order valence-electron chi connectivity index (χ4n) is 1.68. The molecule has 3 N–H and O–H groups in total. The molecule has 0 fully saturated rings. The maximum atomic E-state index is 12.0. The first-order valence-corrected chi connectivity index (χ1v) is 6.64. The third-order valence-corrected chi connectivity index (χ3v) is 3.25. The minimum atomic E-state index is -0.234. The molecule has 0 spiro atoms. The number of carbonyl (C=O) groups is 1. The Hall–Kier alpha value is -1.88. The lowest BCUT2D eigenvalue weighted by atomic mass is 10.1. The highest BCUT2D eigenvalue weighted by Gasteiger charge is 2.12. The van der Waals surface area contributed by atoms with Crippen LogP contribution >= 0.6 is 15.9 Å². The molecular formula is C14H14BrN3O.